The highest BCUT2D eigenvalue weighted by Crippen LogP contribution is 2.23. The minimum Gasteiger partial charge on any atom is -0.357 e. The zero-order chi connectivity index (χ0) is 18.7. The number of carbonyl (C=O) groups excluding carboxylic acids is 2. The lowest BCUT2D eigenvalue weighted by Gasteiger charge is -2.22. The van der Waals surface area contributed by atoms with E-state index in [0.29, 0.717) is 0 Å². The van der Waals surface area contributed by atoms with Crippen molar-refractivity contribution < 1.29 is 23.1 Å². The van der Waals surface area contributed by atoms with E-state index in [4.69, 9.17) is 5.73 Å². The number of aromatic amines is 1. The van der Waals surface area contributed by atoms with Gasteiger partial charge in [-0.15, -0.1) is 12.4 Å². The molecule has 0 aromatic carbocycles. The zero-order valence-electron chi connectivity index (χ0n) is 14.2. The molecule has 1 aliphatic rings. The van der Waals surface area contributed by atoms with Gasteiger partial charge in [-0.2, -0.15) is 8.78 Å². The first-order valence-electron chi connectivity index (χ1n) is 8.10. The lowest BCUT2D eigenvalue weighted by atomic mass is 10.2. The lowest BCUT2D eigenvalue weighted by Crippen LogP contribution is -2.47. The van der Waals surface area contributed by atoms with Crippen LogP contribution >= 0.6 is 12.4 Å². The summed E-state index contributed by atoms with van der Waals surface area (Å²) >= 11 is 0. The second kappa shape index (κ2) is 9.07. The van der Waals surface area contributed by atoms with Gasteiger partial charge in [0.1, 0.15) is 6.04 Å². The van der Waals surface area contributed by atoms with E-state index in [-0.39, 0.29) is 38.5 Å². The molecule has 2 atom stereocenters. The molecule has 3 rings (SSSR count). The number of hydrogen-bond donors (Lipinski definition) is 3. The van der Waals surface area contributed by atoms with Crippen LogP contribution in [0.15, 0.2) is 24.5 Å². The van der Waals surface area contributed by atoms with Crippen LogP contribution in [0.5, 0.6) is 0 Å². The van der Waals surface area contributed by atoms with Gasteiger partial charge in [-0.3, -0.25) is 14.6 Å². The second-order valence-electron chi connectivity index (χ2n) is 6.00. The summed E-state index contributed by atoms with van der Waals surface area (Å²) in [7, 11) is 0. The highest BCUT2D eigenvalue weighted by Gasteiger charge is 2.40. The van der Waals surface area contributed by atoms with Gasteiger partial charge in [0, 0.05) is 42.0 Å². The highest BCUT2D eigenvalue weighted by molar-refractivity contribution is 5.89. The fourth-order valence-electron chi connectivity index (χ4n) is 3.11. The van der Waals surface area contributed by atoms with Crippen molar-refractivity contribution in [2.75, 3.05) is 13.1 Å². The Kier molecular flexibility index (Phi) is 7.05. The molecule has 0 radical (unpaired) electrons. The van der Waals surface area contributed by atoms with Crippen LogP contribution < -0.4 is 11.1 Å². The summed E-state index contributed by atoms with van der Waals surface area (Å²) in [5.41, 5.74) is 6.99. The number of rotatable bonds is 6. The van der Waals surface area contributed by atoms with E-state index in [2.05, 4.69) is 20.0 Å². The number of H-pyrrole nitrogens is 1. The minimum atomic E-state index is -2.96. The van der Waals surface area contributed by atoms with Crippen LogP contribution in [-0.4, -0.2) is 58.5 Å². The summed E-state index contributed by atoms with van der Waals surface area (Å²) < 4.78 is 29.3. The van der Waals surface area contributed by atoms with E-state index in [9.17, 15) is 18.4 Å². The molecular formula is C16H20ClF2N5O3. The van der Waals surface area contributed by atoms with Crippen molar-refractivity contribution in [3.05, 3.63) is 30.2 Å². The molecule has 0 unspecified atom stereocenters. The topological polar surface area (TPSA) is 113 Å². The number of nitrogens with two attached hydrogens (primary N) is 1. The Morgan fingerprint density at radius 2 is 2.26 bits per heavy atom. The van der Waals surface area contributed by atoms with Gasteiger partial charge < -0.3 is 25.7 Å². The molecule has 0 saturated carbocycles. The third kappa shape index (κ3) is 4.90. The van der Waals surface area contributed by atoms with E-state index in [1.165, 1.54) is 4.90 Å². The first kappa shape index (κ1) is 21.0. The molecular weight excluding hydrogens is 384 g/mol. The molecule has 8 nitrogen and oxygen atoms in total. The SMILES string of the molecule is Cl.NCC(=O)N1C[C@H](OC(F)F)C[C@H]1C(=O)NCc1cc2cnccc2[nH]1. The average Bonchev–Trinajstić information content (AvgIpc) is 3.22. The van der Waals surface area contributed by atoms with E-state index < -0.39 is 30.6 Å². The van der Waals surface area contributed by atoms with Gasteiger partial charge in [-0.05, 0) is 12.1 Å². The normalized spacial score (nSPS) is 19.3. The summed E-state index contributed by atoms with van der Waals surface area (Å²) in [5.74, 6) is -0.925. The number of alkyl halides is 2. The Hall–Kier alpha value is -2.30. The average molecular weight is 404 g/mol. The van der Waals surface area contributed by atoms with E-state index in [1.807, 2.05) is 12.1 Å². The van der Waals surface area contributed by atoms with E-state index in [0.717, 1.165) is 16.6 Å². The predicted octanol–water partition coefficient (Wildman–Crippen LogP) is 0.768. The molecule has 1 saturated heterocycles. The van der Waals surface area contributed by atoms with Gasteiger partial charge in [0.25, 0.3) is 0 Å². The molecule has 3 heterocycles. The number of hydrogen-bond acceptors (Lipinski definition) is 5. The molecule has 2 aromatic rings. The number of halogens is 3. The van der Waals surface area contributed by atoms with Gasteiger partial charge >= 0.3 is 6.61 Å². The first-order chi connectivity index (χ1) is 12.5. The molecule has 1 fully saturated rings. The van der Waals surface area contributed by atoms with Crippen LogP contribution in [0.1, 0.15) is 12.1 Å². The number of carbonyl (C=O) groups is 2. The van der Waals surface area contributed by atoms with Crippen LogP contribution in [0.25, 0.3) is 10.9 Å². The number of ether oxygens (including phenoxy) is 1. The molecule has 148 valence electrons. The molecule has 0 bridgehead atoms. The lowest BCUT2D eigenvalue weighted by molar-refractivity contribution is -0.160. The van der Waals surface area contributed by atoms with Crippen molar-refractivity contribution in [1.29, 1.82) is 0 Å². The van der Waals surface area contributed by atoms with Crippen molar-refractivity contribution in [3.63, 3.8) is 0 Å². The van der Waals surface area contributed by atoms with Crippen molar-refractivity contribution in [2.45, 2.75) is 31.7 Å². The molecule has 11 heteroatoms. The van der Waals surface area contributed by atoms with Crippen LogP contribution in [0.4, 0.5) is 8.78 Å². The van der Waals surface area contributed by atoms with Gasteiger partial charge in [0.05, 0.1) is 19.2 Å². The molecule has 4 N–H and O–H groups in total. The molecule has 1 aliphatic heterocycles. The summed E-state index contributed by atoms with van der Waals surface area (Å²) in [6.45, 7) is -3.15. The van der Waals surface area contributed by atoms with Gasteiger partial charge in [0.15, 0.2) is 0 Å². The van der Waals surface area contributed by atoms with Gasteiger partial charge in [-0.25, -0.2) is 0 Å². The smallest absolute Gasteiger partial charge is 0.345 e. The van der Waals surface area contributed by atoms with Gasteiger partial charge in [0.2, 0.25) is 11.8 Å². The van der Waals surface area contributed by atoms with Crippen LogP contribution in [0.3, 0.4) is 0 Å². The van der Waals surface area contributed by atoms with Crippen LogP contribution in [-0.2, 0) is 20.9 Å². The van der Waals surface area contributed by atoms with Crippen LogP contribution in [0, 0.1) is 0 Å². The molecule has 0 aliphatic carbocycles. The quantitative estimate of drug-likeness (QED) is 0.659. The van der Waals surface area contributed by atoms with Gasteiger partial charge in [-0.1, -0.05) is 0 Å². The molecule has 27 heavy (non-hydrogen) atoms. The maximum atomic E-state index is 12.5. The van der Waals surface area contributed by atoms with Crippen LogP contribution in [0.2, 0.25) is 0 Å². The highest BCUT2D eigenvalue weighted by atomic mass is 35.5. The third-order valence-corrected chi connectivity index (χ3v) is 4.29. The Morgan fingerprint density at radius 3 is 2.93 bits per heavy atom. The van der Waals surface area contributed by atoms with E-state index >= 15 is 0 Å². The Bertz CT molecular complexity index is 770. The Balaban J connectivity index is 0.00000261. The summed E-state index contributed by atoms with van der Waals surface area (Å²) in [6, 6.07) is 2.77. The Morgan fingerprint density at radius 1 is 1.48 bits per heavy atom. The summed E-state index contributed by atoms with van der Waals surface area (Å²) in [5, 5.41) is 3.62. The Labute approximate surface area is 159 Å². The number of nitrogens with one attached hydrogen (secondary N) is 2. The zero-order valence-corrected chi connectivity index (χ0v) is 15.0. The number of aromatic nitrogens is 2. The molecule has 2 aromatic heterocycles. The predicted molar refractivity (Wildman–Crippen MR) is 95.2 cm³/mol. The number of pyridine rings is 1. The fourth-order valence-corrected chi connectivity index (χ4v) is 3.11. The largest absolute Gasteiger partial charge is 0.357 e. The van der Waals surface area contributed by atoms with Crippen molar-refractivity contribution in [2.24, 2.45) is 5.73 Å². The number of nitrogens with zero attached hydrogens (tertiary/aromatic N) is 2. The maximum Gasteiger partial charge on any atom is 0.345 e. The number of amides is 2. The number of fused-ring (bicyclic) bond motifs is 1. The number of likely N-dealkylation sites (tertiary alicyclic amines) is 1. The standard InChI is InChI=1S/C16H19F2N5O3.ClH/c17-16(18)26-11-4-13(23(8-11)14(24)5-19)15(25)21-7-10-3-9-6-20-2-1-12(9)22-10;/h1-3,6,11,13,16,22H,4-5,7-8,19H2,(H,21,25);1H/t11-,13+;/m1./s1. The van der Waals surface area contributed by atoms with Crippen molar-refractivity contribution in [1.82, 2.24) is 20.2 Å². The van der Waals surface area contributed by atoms with E-state index in [1.54, 1.807) is 12.4 Å². The third-order valence-electron chi connectivity index (χ3n) is 4.29. The first-order valence-corrected chi connectivity index (χ1v) is 8.10. The molecule has 2 amide bonds. The summed E-state index contributed by atoms with van der Waals surface area (Å²) in [6.07, 6.45) is 2.44. The minimum absolute atomic E-state index is 0. The van der Waals surface area contributed by atoms with Crippen molar-refractivity contribution in [3.8, 4) is 0 Å². The van der Waals surface area contributed by atoms with Crippen molar-refractivity contribution >= 4 is 35.1 Å². The maximum absolute atomic E-state index is 12.5. The summed E-state index contributed by atoms with van der Waals surface area (Å²) in [4.78, 5) is 32.7. The molecule has 0 spiro atoms. The monoisotopic (exact) mass is 403 g/mol. The second-order valence-corrected chi connectivity index (χ2v) is 6.00. The fraction of sp³-hybridized carbons (Fsp3) is 0.438.